The Labute approximate surface area is 165 Å². The monoisotopic (exact) mass is 430 g/mol. The molecule has 3 heterocycles. The molecule has 26 heavy (non-hydrogen) atoms. The molecule has 1 aromatic carbocycles. The molecule has 0 spiro atoms. The van der Waals surface area contributed by atoms with Crippen molar-refractivity contribution < 1.29 is 4.74 Å². The van der Waals surface area contributed by atoms with Crippen LogP contribution in [0.2, 0.25) is 0 Å². The summed E-state index contributed by atoms with van der Waals surface area (Å²) in [6.07, 6.45) is 3.75. The standard InChI is InChI=1S/C19H19BrN4OS/c20-15-5-3-4-14(12-15)19(7-10-25-11-8-19)13-22-18-24-23-17(26-18)16-6-1-2-9-21-16/h1-6,9,12H,7-8,10-11,13H2,(H,22,24). The van der Waals surface area contributed by atoms with E-state index >= 15 is 0 Å². The maximum absolute atomic E-state index is 5.62. The minimum absolute atomic E-state index is 0.0405. The number of rotatable bonds is 5. The van der Waals surface area contributed by atoms with Crippen LogP contribution in [-0.2, 0) is 10.2 Å². The van der Waals surface area contributed by atoms with E-state index < -0.39 is 0 Å². The fraction of sp³-hybridized carbons (Fsp3) is 0.316. The van der Waals surface area contributed by atoms with Crippen LogP contribution in [0.25, 0.3) is 10.7 Å². The van der Waals surface area contributed by atoms with Crippen LogP contribution in [0.1, 0.15) is 18.4 Å². The summed E-state index contributed by atoms with van der Waals surface area (Å²) >= 11 is 5.13. The van der Waals surface area contributed by atoms with E-state index in [1.54, 1.807) is 6.20 Å². The van der Waals surface area contributed by atoms with Gasteiger partial charge in [0.05, 0.1) is 0 Å². The highest BCUT2D eigenvalue weighted by Crippen LogP contribution is 2.36. The van der Waals surface area contributed by atoms with Gasteiger partial charge < -0.3 is 10.1 Å². The van der Waals surface area contributed by atoms with Gasteiger partial charge in [-0.2, -0.15) is 0 Å². The molecule has 134 valence electrons. The molecule has 1 aliphatic rings. The van der Waals surface area contributed by atoms with E-state index in [4.69, 9.17) is 4.74 Å². The molecule has 0 saturated carbocycles. The van der Waals surface area contributed by atoms with E-state index in [0.29, 0.717) is 0 Å². The fourth-order valence-corrected chi connectivity index (χ4v) is 4.40. The SMILES string of the molecule is Brc1cccc(C2(CNc3nnc(-c4ccccn4)s3)CCOCC2)c1. The summed E-state index contributed by atoms with van der Waals surface area (Å²) in [4.78, 5) is 4.34. The number of hydrogen-bond donors (Lipinski definition) is 1. The van der Waals surface area contributed by atoms with Gasteiger partial charge in [0.1, 0.15) is 5.69 Å². The predicted molar refractivity (Wildman–Crippen MR) is 108 cm³/mol. The summed E-state index contributed by atoms with van der Waals surface area (Å²) in [6, 6.07) is 14.4. The van der Waals surface area contributed by atoms with Crippen LogP contribution in [-0.4, -0.2) is 34.9 Å². The van der Waals surface area contributed by atoms with Gasteiger partial charge in [0.15, 0.2) is 5.01 Å². The Morgan fingerprint density at radius 1 is 1.12 bits per heavy atom. The molecule has 0 amide bonds. The number of benzene rings is 1. The summed E-state index contributed by atoms with van der Waals surface area (Å²) < 4.78 is 6.72. The Hall–Kier alpha value is -1.83. The van der Waals surface area contributed by atoms with Crippen LogP contribution in [0.15, 0.2) is 53.1 Å². The molecule has 2 aromatic heterocycles. The second kappa shape index (κ2) is 7.82. The zero-order valence-electron chi connectivity index (χ0n) is 14.2. The normalized spacial score (nSPS) is 16.3. The van der Waals surface area contributed by atoms with Crippen molar-refractivity contribution in [3.8, 4) is 10.7 Å². The Balaban J connectivity index is 1.53. The molecule has 0 bridgehead atoms. The third kappa shape index (κ3) is 3.79. The number of anilines is 1. The van der Waals surface area contributed by atoms with Crippen molar-refractivity contribution in [2.24, 2.45) is 0 Å². The first kappa shape index (κ1) is 17.6. The third-order valence-corrected chi connectivity index (χ3v) is 6.17. The summed E-state index contributed by atoms with van der Waals surface area (Å²) in [7, 11) is 0. The van der Waals surface area contributed by atoms with Crippen LogP contribution in [0.4, 0.5) is 5.13 Å². The maximum Gasteiger partial charge on any atom is 0.206 e. The summed E-state index contributed by atoms with van der Waals surface area (Å²) in [5.41, 5.74) is 2.22. The number of halogens is 1. The van der Waals surface area contributed by atoms with Gasteiger partial charge in [-0.05, 0) is 42.7 Å². The van der Waals surface area contributed by atoms with Crippen molar-refractivity contribution >= 4 is 32.4 Å². The first-order valence-corrected chi connectivity index (χ1v) is 10.2. The maximum atomic E-state index is 5.62. The molecule has 1 N–H and O–H groups in total. The predicted octanol–water partition coefficient (Wildman–Crippen LogP) is 4.52. The highest BCUT2D eigenvalue weighted by atomic mass is 79.9. The first-order valence-electron chi connectivity index (χ1n) is 8.58. The molecule has 3 aromatic rings. The van der Waals surface area contributed by atoms with Gasteiger partial charge in [-0.1, -0.05) is 45.5 Å². The van der Waals surface area contributed by atoms with Crippen LogP contribution in [0, 0.1) is 0 Å². The van der Waals surface area contributed by atoms with Gasteiger partial charge in [0, 0.05) is 35.8 Å². The number of ether oxygens (including phenoxy) is 1. The molecule has 4 rings (SSSR count). The molecule has 0 unspecified atom stereocenters. The van der Waals surface area contributed by atoms with E-state index in [0.717, 1.165) is 52.9 Å². The Kier molecular flexibility index (Phi) is 5.28. The fourth-order valence-electron chi connectivity index (χ4n) is 3.28. The lowest BCUT2D eigenvalue weighted by Gasteiger charge is -2.38. The topological polar surface area (TPSA) is 59.9 Å². The Morgan fingerprint density at radius 2 is 2.00 bits per heavy atom. The van der Waals surface area contributed by atoms with Gasteiger partial charge in [-0.3, -0.25) is 4.98 Å². The van der Waals surface area contributed by atoms with Crippen molar-refractivity contribution in [1.29, 1.82) is 0 Å². The number of pyridine rings is 1. The highest BCUT2D eigenvalue weighted by Gasteiger charge is 2.34. The van der Waals surface area contributed by atoms with Gasteiger partial charge in [0.25, 0.3) is 0 Å². The van der Waals surface area contributed by atoms with Crippen LogP contribution >= 0.6 is 27.3 Å². The van der Waals surface area contributed by atoms with Gasteiger partial charge in [-0.15, -0.1) is 10.2 Å². The van der Waals surface area contributed by atoms with Crippen molar-refractivity contribution in [3.05, 3.63) is 58.7 Å². The largest absolute Gasteiger partial charge is 0.381 e. The smallest absolute Gasteiger partial charge is 0.206 e. The van der Waals surface area contributed by atoms with Crippen molar-refractivity contribution in [2.75, 3.05) is 25.1 Å². The van der Waals surface area contributed by atoms with Crippen molar-refractivity contribution in [2.45, 2.75) is 18.3 Å². The number of aromatic nitrogens is 3. The average Bonchev–Trinajstić information content (AvgIpc) is 3.17. The van der Waals surface area contributed by atoms with Crippen LogP contribution in [0.5, 0.6) is 0 Å². The zero-order chi connectivity index (χ0) is 17.8. The quantitative estimate of drug-likeness (QED) is 0.644. The van der Waals surface area contributed by atoms with Gasteiger partial charge in [-0.25, -0.2) is 0 Å². The van der Waals surface area contributed by atoms with E-state index in [2.05, 4.69) is 60.7 Å². The zero-order valence-corrected chi connectivity index (χ0v) is 16.6. The Bertz CT molecular complexity index is 865. The number of nitrogens with one attached hydrogen (secondary N) is 1. The number of hydrogen-bond acceptors (Lipinski definition) is 6. The van der Waals surface area contributed by atoms with E-state index in [1.807, 2.05) is 18.2 Å². The van der Waals surface area contributed by atoms with Gasteiger partial charge in [0.2, 0.25) is 5.13 Å². The molecule has 0 radical (unpaired) electrons. The molecule has 0 atom stereocenters. The van der Waals surface area contributed by atoms with E-state index in [1.165, 1.54) is 16.9 Å². The van der Waals surface area contributed by atoms with Crippen LogP contribution < -0.4 is 5.32 Å². The third-order valence-electron chi connectivity index (χ3n) is 4.77. The first-order chi connectivity index (χ1) is 12.8. The second-order valence-electron chi connectivity index (χ2n) is 6.38. The van der Waals surface area contributed by atoms with Crippen LogP contribution in [0.3, 0.4) is 0 Å². The van der Waals surface area contributed by atoms with Gasteiger partial charge >= 0.3 is 0 Å². The lowest BCUT2D eigenvalue weighted by Crippen LogP contribution is -2.40. The molecular formula is C19H19BrN4OS. The number of nitrogens with zero attached hydrogens (tertiary/aromatic N) is 3. The average molecular weight is 431 g/mol. The summed E-state index contributed by atoms with van der Waals surface area (Å²) in [5.74, 6) is 0. The minimum Gasteiger partial charge on any atom is -0.381 e. The summed E-state index contributed by atoms with van der Waals surface area (Å²) in [6.45, 7) is 2.37. The highest BCUT2D eigenvalue weighted by molar-refractivity contribution is 9.10. The van der Waals surface area contributed by atoms with Crippen molar-refractivity contribution in [1.82, 2.24) is 15.2 Å². The molecule has 5 nitrogen and oxygen atoms in total. The summed E-state index contributed by atoms with van der Waals surface area (Å²) in [5, 5.41) is 13.7. The lowest BCUT2D eigenvalue weighted by atomic mass is 9.74. The second-order valence-corrected chi connectivity index (χ2v) is 8.28. The molecule has 1 aliphatic heterocycles. The molecule has 1 fully saturated rings. The Morgan fingerprint density at radius 3 is 2.77 bits per heavy atom. The molecular weight excluding hydrogens is 412 g/mol. The molecule has 7 heteroatoms. The lowest BCUT2D eigenvalue weighted by molar-refractivity contribution is 0.0543. The van der Waals surface area contributed by atoms with E-state index in [-0.39, 0.29) is 5.41 Å². The van der Waals surface area contributed by atoms with Crippen molar-refractivity contribution in [3.63, 3.8) is 0 Å². The molecule has 1 saturated heterocycles. The minimum atomic E-state index is 0.0405. The molecule has 0 aliphatic carbocycles. The van der Waals surface area contributed by atoms with E-state index in [9.17, 15) is 0 Å².